The highest BCUT2D eigenvalue weighted by Crippen LogP contribution is 2.58. The number of hydrogen-bond donors (Lipinski definition) is 0. The van der Waals surface area contributed by atoms with Gasteiger partial charge in [0.25, 0.3) is 0 Å². The van der Waals surface area contributed by atoms with Crippen LogP contribution in [0.1, 0.15) is 1.43 Å². The molecule has 0 atom stereocenters. The SMILES string of the molecule is [H+].c1ccc2c(c1)O[B-]13Oc4ccccc4-c4cc5ccccc5c(c4O1)-c1c(c-2cc2ccccc12)O3. The lowest BCUT2D eigenvalue weighted by Gasteiger charge is -2.38. The second-order valence-corrected chi connectivity index (χ2v) is 9.74. The average molecular weight is 478 g/mol. The van der Waals surface area contributed by atoms with E-state index in [-0.39, 0.29) is 1.43 Å². The first kappa shape index (κ1) is 19.3. The van der Waals surface area contributed by atoms with Gasteiger partial charge in [-0.25, -0.2) is 0 Å². The first-order chi connectivity index (χ1) is 18.3. The Kier molecular flexibility index (Phi) is 3.47. The highest BCUT2D eigenvalue weighted by atomic mass is 16.9. The van der Waals surface area contributed by atoms with Crippen LogP contribution in [0.15, 0.2) is 109 Å². The minimum absolute atomic E-state index is 0. The smallest absolute Gasteiger partial charge is 0.611 e. The average Bonchev–Trinajstić information content (AvgIpc) is 3.23. The van der Waals surface area contributed by atoms with Crippen molar-refractivity contribution in [3.05, 3.63) is 109 Å². The van der Waals surface area contributed by atoms with Crippen molar-refractivity contribution in [1.29, 1.82) is 0 Å². The van der Waals surface area contributed by atoms with Gasteiger partial charge in [-0.2, -0.15) is 0 Å². The van der Waals surface area contributed by atoms with Crippen LogP contribution in [-0.4, -0.2) is 6.96 Å². The van der Waals surface area contributed by atoms with Crippen LogP contribution in [0.4, 0.5) is 0 Å². The number of para-hydroxylation sites is 2. The molecule has 3 aliphatic heterocycles. The van der Waals surface area contributed by atoms with Crippen LogP contribution in [-0.2, 0) is 0 Å². The van der Waals surface area contributed by atoms with Crippen molar-refractivity contribution in [2.75, 3.05) is 0 Å². The highest BCUT2D eigenvalue weighted by molar-refractivity contribution is 6.58. The predicted octanol–water partition coefficient (Wildman–Crippen LogP) is 8.10. The molecule has 3 heterocycles. The van der Waals surface area contributed by atoms with Crippen LogP contribution >= 0.6 is 0 Å². The summed E-state index contributed by atoms with van der Waals surface area (Å²) in [6.07, 6.45) is 0. The fraction of sp³-hybridized carbons (Fsp3) is 0. The van der Waals surface area contributed by atoms with Gasteiger partial charge in [0, 0.05) is 33.4 Å². The molecule has 6 aromatic carbocycles. The molecule has 5 heteroatoms. The lowest BCUT2D eigenvalue weighted by molar-refractivity contribution is 0.169. The monoisotopic (exact) mass is 478 g/mol. The molecule has 4 nitrogen and oxygen atoms in total. The summed E-state index contributed by atoms with van der Waals surface area (Å²) in [7, 11) is 0. The third-order valence-corrected chi connectivity index (χ3v) is 7.67. The van der Waals surface area contributed by atoms with Gasteiger partial charge in [0.05, 0.1) is 23.0 Å². The lowest BCUT2D eigenvalue weighted by atomic mass is 9.86. The standard InChI is InChI=1S/C32H18BO4/c1-3-11-21-19(9-1)17-25-23-13-5-7-15-27(23)34-33-35-28-16-8-6-14-24(28)26-18-20-10-2-4-12-22(20)30(32(26)37-33)29(21)31(25)36-33/h1-18H/q-1/p+1. The van der Waals surface area contributed by atoms with Gasteiger partial charge in [-0.15, -0.1) is 0 Å². The summed E-state index contributed by atoms with van der Waals surface area (Å²) in [6.45, 7) is -2.73. The first-order valence-corrected chi connectivity index (χ1v) is 12.5. The van der Waals surface area contributed by atoms with Gasteiger partial charge in [-0.1, -0.05) is 84.9 Å². The zero-order chi connectivity index (χ0) is 24.1. The van der Waals surface area contributed by atoms with Crippen LogP contribution in [0, 0.1) is 0 Å². The maximum atomic E-state index is 6.84. The molecule has 0 fully saturated rings. The molecule has 0 amide bonds. The maximum absolute atomic E-state index is 6.84. The maximum Gasteiger partial charge on any atom is 1.00 e. The van der Waals surface area contributed by atoms with Gasteiger partial charge in [-0.3, -0.25) is 0 Å². The molecule has 0 radical (unpaired) electrons. The molecule has 0 N–H and O–H groups in total. The van der Waals surface area contributed by atoms with E-state index in [1.165, 1.54) is 0 Å². The first-order valence-electron chi connectivity index (χ1n) is 12.5. The van der Waals surface area contributed by atoms with Crippen LogP contribution in [0.3, 0.4) is 0 Å². The summed E-state index contributed by atoms with van der Waals surface area (Å²) in [5.41, 5.74) is 5.78. The summed E-state index contributed by atoms with van der Waals surface area (Å²) in [4.78, 5) is 0. The van der Waals surface area contributed by atoms with Crippen molar-refractivity contribution in [2.45, 2.75) is 0 Å². The molecule has 0 aliphatic carbocycles. The van der Waals surface area contributed by atoms with Gasteiger partial charge >= 0.3 is 8.38 Å². The van der Waals surface area contributed by atoms with Gasteiger partial charge < -0.3 is 18.6 Å². The largest absolute Gasteiger partial charge is 1.00 e. The Hall–Kier alpha value is -4.90. The Morgan fingerprint density at radius 1 is 0.432 bits per heavy atom. The topological polar surface area (TPSA) is 36.9 Å². The molecule has 0 unspecified atom stereocenters. The summed E-state index contributed by atoms with van der Waals surface area (Å²) in [5.74, 6) is 2.74. The van der Waals surface area contributed by atoms with E-state index in [1.807, 2.05) is 36.4 Å². The summed E-state index contributed by atoms with van der Waals surface area (Å²) < 4.78 is 26.9. The molecule has 37 heavy (non-hydrogen) atoms. The molecule has 1 spiro atoms. The van der Waals surface area contributed by atoms with E-state index < -0.39 is 6.96 Å². The van der Waals surface area contributed by atoms with E-state index in [0.29, 0.717) is 23.0 Å². The summed E-state index contributed by atoms with van der Waals surface area (Å²) in [5, 5.41) is 4.42. The number of hydrogen-bond acceptors (Lipinski definition) is 4. The van der Waals surface area contributed by atoms with E-state index in [0.717, 1.165) is 54.9 Å². The van der Waals surface area contributed by atoms with Crippen molar-refractivity contribution >= 4 is 28.5 Å². The van der Waals surface area contributed by atoms with Gasteiger partial charge in [0.1, 0.15) is 0 Å². The predicted molar refractivity (Wildman–Crippen MR) is 147 cm³/mol. The molecule has 3 aliphatic rings. The fourth-order valence-corrected chi connectivity index (χ4v) is 6.13. The van der Waals surface area contributed by atoms with Crippen LogP contribution in [0.5, 0.6) is 23.0 Å². The minimum Gasteiger partial charge on any atom is -0.611 e. The third-order valence-electron chi connectivity index (χ3n) is 7.67. The Morgan fingerprint density at radius 3 is 1.38 bits per heavy atom. The zero-order valence-corrected chi connectivity index (χ0v) is 19.6. The van der Waals surface area contributed by atoms with Gasteiger partial charge in [0.2, 0.25) is 0 Å². The van der Waals surface area contributed by atoms with Crippen LogP contribution < -0.4 is 18.6 Å². The van der Waals surface area contributed by atoms with E-state index >= 15 is 0 Å². The Labute approximate surface area is 214 Å². The molecule has 9 rings (SSSR count). The lowest BCUT2D eigenvalue weighted by Crippen LogP contribution is -2.59. The zero-order valence-electron chi connectivity index (χ0n) is 20.6. The molecule has 174 valence electrons. The summed E-state index contributed by atoms with van der Waals surface area (Å²) >= 11 is 0. The fourth-order valence-electron chi connectivity index (χ4n) is 6.13. The van der Waals surface area contributed by atoms with E-state index in [2.05, 4.69) is 72.8 Å². The molecular weight excluding hydrogens is 459 g/mol. The number of benzene rings is 6. The normalized spacial score (nSPS) is 15.0. The minimum atomic E-state index is -2.73. The van der Waals surface area contributed by atoms with Gasteiger partial charge in [-0.05, 0) is 45.8 Å². The van der Waals surface area contributed by atoms with Crippen molar-refractivity contribution in [2.24, 2.45) is 0 Å². The quantitative estimate of drug-likeness (QED) is 0.207. The second-order valence-electron chi connectivity index (χ2n) is 9.74. The molecule has 0 saturated heterocycles. The number of rotatable bonds is 0. The molecule has 6 aromatic rings. The second kappa shape index (κ2) is 6.65. The van der Waals surface area contributed by atoms with Crippen molar-refractivity contribution in [1.82, 2.24) is 0 Å². The Morgan fingerprint density at radius 2 is 0.865 bits per heavy atom. The van der Waals surface area contributed by atoms with E-state index in [4.69, 9.17) is 18.6 Å². The van der Waals surface area contributed by atoms with Crippen LogP contribution in [0.25, 0.3) is 54.9 Å². The highest BCUT2D eigenvalue weighted by Gasteiger charge is 2.50. The number of fused-ring (bicyclic) bond motifs is 9. The van der Waals surface area contributed by atoms with Crippen molar-refractivity contribution < 1.29 is 20.0 Å². The third kappa shape index (κ3) is 2.48. The Balaban J connectivity index is 0.00000225. The molecule has 0 saturated carbocycles. The molecule has 0 aromatic heterocycles. The van der Waals surface area contributed by atoms with Crippen molar-refractivity contribution in [3.63, 3.8) is 0 Å². The Bertz CT molecular complexity index is 1830. The van der Waals surface area contributed by atoms with Crippen LogP contribution in [0.2, 0.25) is 0 Å². The van der Waals surface area contributed by atoms with E-state index in [1.54, 1.807) is 0 Å². The molecule has 3 bridgehead atoms. The molecular formula is C32H19BO4. The van der Waals surface area contributed by atoms with Gasteiger partial charge in [0.15, 0.2) is 0 Å². The van der Waals surface area contributed by atoms with E-state index in [9.17, 15) is 0 Å². The van der Waals surface area contributed by atoms with Crippen molar-refractivity contribution in [3.8, 4) is 56.4 Å². The summed E-state index contributed by atoms with van der Waals surface area (Å²) in [6, 6.07) is 37.2.